The number of rotatable bonds is 50. The third kappa shape index (κ3) is 41.2. The van der Waals surface area contributed by atoms with Crippen LogP contribution >= 0.6 is 0 Å². The number of esters is 4. The summed E-state index contributed by atoms with van der Waals surface area (Å²) in [5.74, 6) is -3.40. The first-order valence-electron chi connectivity index (χ1n) is 31.5. The monoisotopic (exact) mass is 1200 g/mol. The van der Waals surface area contributed by atoms with Crippen molar-refractivity contribution in [3.63, 3.8) is 0 Å². The Morgan fingerprint density at radius 2 is 0.531 bits per heavy atom. The third-order valence-corrected chi connectivity index (χ3v) is 16.3. The summed E-state index contributed by atoms with van der Waals surface area (Å²) >= 11 is 0. The van der Waals surface area contributed by atoms with E-state index in [4.69, 9.17) is 18.9 Å². The van der Waals surface area contributed by atoms with E-state index in [9.17, 15) is 45.1 Å². The number of hydrogen-bond donors (Lipinski definition) is 0. The topological polar surface area (TPSA) is 220 Å². The van der Waals surface area contributed by atoms with E-state index in [0.717, 1.165) is 38.5 Å². The Labute approximate surface area is 521 Å². The summed E-state index contributed by atoms with van der Waals surface area (Å²) in [6.45, 7) is 8.37. The number of unbranched alkanes of at least 4 members (excludes halogenated alkanes) is 34. The average molecular weight is 1200 g/mol. The molecule has 0 aromatic heterocycles. The zero-order valence-electron chi connectivity index (χ0n) is 50.7. The zero-order chi connectivity index (χ0) is 59.0. The van der Waals surface area contributed by atoms with Gasteiger partial charge >= 0.3 is 61.6 Å². The van der Waals surface area contributed by atoms with Crippen molar-refractivity contribution in [2.24, 2.45) is 0 Å². The molecule has 0 fully saturated rings. The van der Waals surface area contributed by atoms with Gasteiger partial charge in [-0.1, -0.05) is 283 Å². The molecule has 0 heterocycles. The fourth-order valence-corrected chi connectivity index (χ4v) is 11.0. The fourth-order valence-electron chi connectivity index (χ4n) is 9.53. The van der Waals surface area contributed by atoms with E-state index in [2.05, 4.69) is 13.8 Å². The summed E-state index contributed by atoms with van der Waals surface area (Å²) in [6.07, 6.45) is 46.5. The quantitative estimate of drug-likeness (QED) is 0.0198. The number of benzene rings is 2. The molecule has 0 N–H and O–H groups in total. The van der Waals surface area contributed by atoms with E-state index in [-0.39, 0.29) is 86.0 Å². The van der Waals surface area contributed by atoms with Gasteiger partial charge in [-0.05, 0) is 49.9 Å². The van der Waals surface area contributed by atoms with Crippen molar-refractivity contribution in [1.29, 1.82) is 0 Å². The minimum absolute atomic E-state index is 0. The molecule has 17 heteroatoms. The van der Waals surface area contributed by atoms with Gasteiger partial charge in [0.25, 0.3) is 0 Å². The molecular weight excluding hydrogens is 1100 g/mol. The van der Waals surface area contributed by atoms with Gasteiger partial charge in [-0.3, -0.25) is 0 Å². The van der Waals surface area contributed by atoms with Gasteiger partial charge in [-0.15, -0.1) is 0 Å². The van der Waals surface area contributed by atoms with Crippen molar-refractivity contribution >= 4 is 81.9 Å². The second-order valence-corrected chi connectivity index (χ2v) is 24.6. The standard InChI is InChI=1S/2C32H54O7S.Ca/c2*1-3-5-6-7-8-9-10-11-12-13-14-15-16-17-18-19-20-23-27-38-31(33)28-25-21-22-26-29(28)32(34)39-30(24-4-2)40(35,36)37;/h2*21-22,25-26,30H,3-20,23-24,27H2,1-2H3,(H,35,36,37);/q;;+2/p-2. The third-order valence-electron chi connectivity index (χ3n) is 14.4. The Morgan fingerprint density at radius 3 is 0.728 bits per heavy atom. The molecular formula is C64H106CaO14S2. The number of ether oxygens (including phenoxy) is 4. The summed E-state index contributed by atoms with van der Waals surface area (Å²) in [7, 11) is -9.63. The first-order chi connectivity index (χ1) is 38.6. The molecule has 0 amide bonds. The molecule has 2 rings (SSSR count). The normalized spacial score (nSPS) is 12.1. The van der Waals surface area contributed by atoms with Crippen molar-refractivity contribution in [2.45, 2.75) is 295 Å². The Kier molecular flexibility index (Phi) is 50.1. The summed E-state index contributed by atoms with van der Waals surface area (Å²) in [5.41, 5.74) is -3.81. The van der Waals surface area contributed by atoms with Crippen LogP contribution < -0.4 is 0 Å². The Balaban J connectivity index is 0.00000156. The van der Waals surface area contributed by atoms with Gasteiger partial charge < -0.3 is 28.1 Å². The second-order valence-electron chi connectivity index (χ2n) is 21.6. The van der Waals surface area contributed by atoms with Crippen LogP contribution in [-0.2, 0) is 39.2 Å². The molecule has 2 unspecified atom stereocenters. The van der Waals surface area contributed by atoms with Crippen LogP contribution in [0.5, 0.6) is 0 Å². The molecule has 0 saturated carbocycles. The first kappa shape index (κ1) is 78.4. The van der Waals surface area contributed by atoms with Crippen LogP contribution in [0.15, 0.2) is 48.5 Å². The molecule has 0 aliphatic heterocycles. The van der Waals surface area contributed by atoms with E-state index in [1.165, 1.54) is 229 Å². The molecule has 0 saturated heterocycles. The molecule has 2 atom stereocenters. The maximum Gasteiger partial charge on any atom is 2.00 e. The van der Waals surface area contributed by atoms with E-state index in [1.807, 2.05) is 0 Å². The van der Waals surface area contributed by atoms with Crippen LogP contribution in [0.2, 0.25) is 0 Å². The van der Waals surface area contributed by atoms with Gasteiger partial charge in [0, 0.05) is 0 Å². The van der Waals surface area contributed by atoms with Gasteiger partial charge in [0.1, 0.15) is 20.2 Å². The number of carbonyl (C=O) groups excluding carboxylic acids is 4. The Bertz CT molecular complexity index is 1980. The summed E-state index contributed by atoms with van der Waals surface area (Å²) in [5, 5.41) is 0. The van der Waals surface area contributed by atoms with Gasteiger partial charge in [0.2, 0.25) is 0 Å². The summed E-state index contributed by atoms with van der Waals surface area (Å²) in [4.78, 5) is 50.1. The molecule has 460 valence electrons. The maximum absolute atomic E-state index is 12.6. The van der Waals surface area contributed by atoms with Crippen LogP contribution in [0, 0.1) is 0 Å². The van der Waals surface area contributed by atoms with E-state index in [0.29, 0.717) is 12.8 Å². The molecule has 2 aromatic carbocycles. The maximum atomic E-state index is 12.6. The molecule has 0 aliphatic carbocycles. The number of carbonyl (C=O) groups is 4. The van der Waals surface area contributed by atoms with Crippen LogP contribution in [0.25, 0.3) is 0 Å². The molecule has 14 nitrogen and oxygen atoms in total. The number of hydrogen-bond acceptors (Lipinski definition) is 14. The van der Waals surface area contributed by atoms with Gasteiger partial charge in [0.15, 0.2) is 10.9 Å². The predicted octanol–water partition coefficient (Wildman–Crippen LogP) is 17.0. The molecule has 0 aliphatic rings. The summed E-state index contributed by atoms with van der Waals surface area (Å²) in [6, 6.07) is 11.8. The smallest absolute Gasteiger partial charge is 0.745 e. The van der Waals surface area contributed by atoms with E-state index < -0.39 is 55.0 Å². The molecule has 2 aromatic rings. The predicted molar refractivity (Wildman–Crippen MR) is 324 cm³/mol. The molecule has 0 bridgehead atoms. The van der Waals surface area contributed by atoms with Crippen LogP contribution in [0.1, 0.15) is 326 Å². The molecule has 0 spiro atoms. The largest absolute Gasteiger partial charge is 2.00 e. The van der Waals surface area contributed by atoms with Crippen molar-refractivity contribution in [1.82, 2.24) is 0 Å². The minimum Gasteiger partial charge on any atom is -0.745 e. The summed E-state index contributed by atoms with van der Waals surface area (Å²) < 4.78 is 88.8. The van der Waals surface area contributed by atoms with E-state index in [1.54, 1.807) is 26.0 Å². The second kappa shape index (κ2) is 51.8. The van der Waals surface area contributed by atoms with Gasteiger partial charge in [-0.25, -0.2) is 36.0 Å². The van der Waals surface area contributed by atoms with Crippen molar-refractivity contribution in [2.75, 3.05) is 13.2 Å². The first-order valence-corrected chi connectivity index (χ1v) is 34.4. The van der Waals surface area contributed by atoms with Gasteiger partial charge in [-0.2, -0.15) is 0 Å². The minimum atomic E-state index is -4.81. The van der Waals surface area contributed by atoms with E-state index >= 15 is 0 Å². The SMILES string of the molecule is CCCCCCCCCCCCCCCCCCCCOC(=O)c1ccccc1C(=O)OC(CCC)S(=O)(=O)[O-].CCCCCCCCCCCCCCCCCCCCOC(=O)c1ccccc1C(=O)OC(CCC)S(=O)(=O)[O-].[Ca+2]. The Morgan fingerprint density at radius 1 is 0.333 bits per heavy atom. The van der Waals surface area contributed by atoms with Crippen LogP contribution in [0.4, 0.5) is 0 Å². The van der Waals surface area contributed by atoms with Crippen molar-refractivity contribution < 1.29 is 64.1 Å². The van der Waals surface area contributed by atoms with Crippen LogP contribution in [0.3, 0.4) is 0 Å². The molecule has 81 heavy (non-hydrogen) atoms. The van der Waals surface area contributed by atoms with Crippen molar-refractivity contribution in [3.05, 3.63) is 70.8 Å². The molecule has 0 radical (unpaired) electrons. The van der Waals surface area contributed by atoms with Crippen LogP contribution in [-0.4, -0.2) is 112 Å². The Hall–Kier alpha value is -2.60. The zero-order valence-corrected chi connectivity index (χ0v) is 54.6. The average Bonchev–Trinajstić information content (AvgIpc) is 3.44. The fraction of sp³-hybridized carbons (Fsp3) is 0.750. The van der Waals surface area contributed by atoms with Crippen molar-refractivity contribution in [3.8, 4) is 0 Å². The van der Waals surface area contributed by atoms with Gasteiger partial charge in [0.05, 0.1) is 35.5 Å².